The van der Waals surface area contributed by atoms with E-state index in [0.717, 1.165) is 12.5 Å². The maximum Gasteiger partial charge on any atom is 0.00387 e. The summed E-state index contributed by atoms with van der Waals surface area (Å²) in [6, 6.07) is 0.681. The van der Waals surface area contributed by atoms with Crippen molar-refractivity contribution in [3.05, 3.63) is 11.6 Å². The first kappa shape index (κ1) is 14.7. The van der Waals surface area contributed by atoms with Crippen molar-refractivity contribution in [3.8, 4) is 0 Å². The lowest BCUT2D eigenvalue weighted by Crippen LogP contribution is -2.30. The molecule has 1 nitrogen and oxygen atoms in total. The van der Waals surface area contributed by atoms with E-state index in [9.17, 15) is 0 Å². The van der Waals surface area contributed by atoms with E-state index in [4.69, 9.17) is 0 Å². The van der Waals surface area contributed by atoms with Crippen LogP contribution in [0, 0.1) is 5.92 Å². The van der Waals surface area contributed by atoms with E-state index in [1.807, 2.05) is 0 Å². The Hall–Kier alpha value is -0.300. The third-order valence-corrected chi connectivity index (χ3v) is 2.75. The van der Waals surface area contributed by atoms with Gasteiger partial charge in [0.2, 0.25) is 0 Å². The molecular weight excluding hydrogens is 182 g/mol. The standard InChI is InChI=1S/C14H29N/c1-6-8-14(5)15-11-13(4)10-7-9-12(2)3/h9,13-15H,6-8,10-11H2,1-5H3/t13?,14-/m0/s1. The average molecular weight is 211 g/mol. The zero-order valence-corrected chi connectivity index (χ0v) is 11.3. The van der Waals surface area contributed by atoms with Crippen LogP contribution < -0.4 is 5.32 Å². The normalized spacial score (nSPS) is 14.7. The van der Waals surface area contributed by atoms with Gasteiger partial charge in [-0.2, -0.15) is 0 Å². The number of nitrogens with one attached hydrogen (secondary N) is 1. The Bertz CT molecular complexity index is 168. The predicted molar refractivity (Wildman–Crippen MR) is 70.2 cm³/mol. The van der Waals surface area contributed by atoms with Crippen LogP contribution in [-0.4, -0.2) is 12.6 Å². The minimum atomic E-state index is 0.681. The highest BCUT2D eigenvalue weighted by Gasteiger charge is 2.03. The Labute approximate surface area is 96.3 Å². The summed E-state index contributed by atoms with van der Waals surface area (Å²) in [6.45, 7) is 12.4. The molecule has 0 rings (SSSR count). The Morgan fingerprint density at radius 3 is 2.40 bits per heavy atom. The Morgan fingerprint density at radius 2 is 1.87 bits per heavy atom. The number of hydrogen-bond acceptors (Lipinski definition) is 1. The van der Waals surface area contributed by atoms with Crippen LogP contribution in [0.15, 0.2) is 11.6 Å². The molecule has 0 aliphatic rings. The van der Waals surface area contributed by atoms with Gasteiger partial charge in [-0.3, -0.25) is 0 Å². The van der Waals surface area contributed by atoms with Crippen molar-refractivity contribution in [2.45, 2.75) is 66.3 Å². The molecular formula is C14H29N. The SMILES string of the molecule is CCC[C@H](C)NCC(C)CCC=C(C)C. The fourth-order valence-corrected chi connectivity index (χ4v) is 1.70. The smallest absolute Gasteiger partial charge is 0.00387 e. The lowest BCUT2D eigenvalue weighted by atomic mass is 10.0. The zero-order chi connectivity index (χ0) is 11.7. The molecule has 0 radical (unpaired) electrons. The van der Waals surface area contributed by atoms with Crippen LogP contribution >= 0.6 is 0 Å². The zero-order valence-electron chi connectivity index (χ0n) is 11.3. The van der Waals surface area contributed by atoms with Crippen LogP contribution in [0.2, 0.25) is 0 Å². The second-order valence-electron chi connectivity index (χ2n) is 5.06. The topological polar surface area (TPSA) is 12.0 Å². The molecule has 0 amide bonds. The molecule has 0 spiro atoms. The lowest BCUT2D eigenvalue weighted by Gasteiger charge is -2.16. The van der Waals surface area contributed by atoms with E-state index < -0.39 is 0 Å². The Morgan fingerprint density at radius 1 is 1.20 bits per heavy atom. The molecule has 0 fully saturated rings. The fraction of sp³-hybridized carbons (Fsp3) is 0.857. The first-order valence-electron chi connectivity index (χ1n) is 6.43. The van der Waals surface area contributed by atoms with E-state index in [0.29, 0.717) is 6.04 Å². The largest absolute Gasteiger partial charge is 0.314 e. The third-order valence-electron chi connectivity index (χ3n) is 2.75. The molecule has 0 saturated carbocycles. The molecule has 1 heteroatoms. The summed E-state index contributed by atoms with van der Waals surface area (Å²) in [6.07, 6.45) is 7.44. The van der Waals surface area contributed by atoms with Crippen molar-refractivity contribution >= 4 is 0 Å². The molecule has 0 aliphatic heterocycles. The number of hydrogen-bond donors (Lipinski definition) is 1. The average Bonchev–Trinajstić information content (AvgIpc) is 2.14. The summed E-state index contributed by atoms with van der Waals surface area (Å²) in [5.74, 6) is 0.792. The van der Waals surface area contributed by atoms with Crippen molar-refractivity contribution in [1.82, 2.24) is 5.32 Å². The summed E-state index contributed by atoms with van der Waals surface area (Å²) in [5, 5.41) is 3.60. The number of rotatable bonds is 8. The molecule has 0 heterocycles. The molecule has 0 saturated heterocycles. The van der Waals surface area contributed by atoms with Crippen molar-refractivity contribution in [3.63, 3.8) is 0 Å². The van der Waals surface area contributed by atoms with Crippen molar-refractivity contribution in [2.24, 2.45) is 5.92 Å². The minimum absolute atomic E-state index is 0.681. The van der Waals surface area contributed by atoms with Gasteiger partial charge >= 0.3 is 0 Å². The summed E-state index contributed by atoms with van der Waals surface area (Å²) in [4.78, 5) is 0. The van der Waals surface area contributed by atoms with E-state index in [1.165, 1.54) is 31.3 Å². The quantitative estimate of drug-likeness (QED) is 0.595. The highest BCUT2D eigenvalue weighted by atomic mass is 14.9. The van der Waals surface area contributed by atoms with Gasteiger partial charge in [0.25, 0.3) is 0 Å². The van der Waals surface area contributed by atoms with E-state index in [-0.39, 0.29) is 0 Å². The molecule has 90 valence electrons. The van der Waals surface area contributed by atoms with E-state index >= 15 is 0 Å². The number of allylic oxidation sites excluding steroid dienone is 2. The van der Waals surface area contributed by atoms with Gasteiger partial charge < -0.3 is 5.32 Å². The second kappa shape index (κ2) is 8.96. The van der Waals surface area contributed by atoms with Gasteiger partial charge in [0.1, 0.15) is 0 Å². The molecule has 0 aromatic carbocycles. The highest BCUT2D eigenvalue weighted by Crippen LogP contribution is 2.07. The highest BCUT2D eigenvalue weighted by molar-refractivity contribution is 4.92. The van der Waals surface area contributed by atoms with Gasteiger partial charge in [-0.1, -0.05) is 31.9 Å². The van der Waals surface area contributed by atoms with Crippen molar-refractivity contribution in [2.75, 3.05) is 6.54 Å². The second-order valence-corrected chi connectivity index (χ2v) is 5.06. The van der Waals surface area contributed by atoms with Crippen LogP contribution in [0.4, 0.5) is 0 Å². The molecule has 0 aromatic heterocycles. The van der Waals surface area contributed by atoms with Crippen LogP contribution in [0.25, 0.3) is 0 Å². The maximum atomic E-state index is 3.60. The summed E-state index contributed by atoms with van der Waals surface area (Å²) in [7, 11) is 0. The van der Waals surface area contributed by atoms with Gasteiger partial charge in [0, 0.05) is 6.04 Å². The van der Waals surface area contributed by atoms with E-state index in [2.05, 4.69) is 46.0 Å². The minimum Gasteiger partial charge on any atom is -0.314 e. The molecule has 2 atom stereocenters. The monoisotopic (exact) mass is 211 g/mol. The predicted octanol–water partition coefficient (Wildman–Crippen LogP) is 4.15. The molecule has 15 heavy (non-hydrogen) atoms. The maximum absolute atomic E-state index is 3.60. The lowest BCUT2D eigenvalue weighted by molar-refractivity contribution is 0.428. The molecule has 0 bridgehead atoms. The van der Waals surface area contributed by atoms with Gasteiger partial charge in [-0.25, -0.2) is 0 Å². The molecule has 1 N–H and O–H groups in total. The van der Waals surface area contributed by atoms with Crippen LogP contribution in [0.5, 0.6) is 0 Å². The van der Waals surface area contributed by atoms with Gasteiger partial charge in [0.05, 0.1) is 0 Å². The Kier molecular flexibility index (Phi) is 8.79. The van der Waals surface area contributed by atoms with Crippen LogP contribution in [0.1, 0.15) is 60.3 Å². The van der Waals surface area contributed by atoms with Gasteiger partial charge in [0.15, 0.2) is 0 Å². The molecule has 1 unspecified atom stereocenters. The van der Waals surface area contributed by atoms with Crippen molar-refractivity contribution in [1.29, 1.82) is 0 Å². The van der Waals surface area contributed by atoms with Gasteiger partial charge in [-0.15, -0.1) is 0 Å². The summed E-state index contributed by atoms with van der Waals surface area (Å²) in [5.41, 5.74) is 1.44. The summed E-state index contributed by atoms with van der Waals surface area (Å²) >= 11 is 0. The van der Waals surface area contributed by atoms with E-state index in [1.54, 1.807) is 0 Å². The van der Waals surface area contributed by atoms with Crippen molar-refractivity contribution < 1.29 is 0 Å². The fourth-order valence-electron chi connectivity index (χ4n) is 1.70. The summed E-state index contributed by atoms with van der Waals surface area (Å²) < 4.78 is 0. The first-order chi connectivity index (χ1) is 7.06. The first-order valence-corrected chi connectivity index (χ1v) is 6.43. The van der Waals surface area contributed by atoms with Crippen LogP contribution in [0.3, 0.4) is 0 Å². The molecule has 0 aromatic rings. The van der Waals surface area contributed by atoms with Crippen LogP contribution in [-0.2, 0) is 0 Å². The Balaban J connectivity index is 3.48. The molecule has 0 aliphatic carbocycles. The van der Waals surface area contributed by atoms with Gasteiger partial charge in [-0.05, 0) is 52.5 Å². The third kappa shape index (κ3) is 9.99.